The van der Waals surface area contributed by atoms with Crippen molar-refractivity contribution < 1.29 is 11.0 Å². The van der Waals surface area contributed by atoms with Gasteiger partial charge in [-0.15, -0.1) is 0 Å². The van der Waals surface area contributed by atoms with Gasteiger partial charge in [0.15, 0.2) is 0 Å². The fraction of sp³-hybridized carbons (Fsp3) is 0. The van der Waals surface area contributed by atoms with Crippen LogP contribution in [0, 0.1) is 0 Å². The molecule has 0 aromatic heterocycles. The predicted octanol–water partition coefficient (Wildman–Crippen LogP) is -1.71. The average molecular weight is 89.1 g/mol. The van der Waals surface area contributed by atoms with Crippen LogP contribution < -0.4 is 0 Å². The Morgan fingerprint density at radius 2 is 1.00 bits per heavy atom. The van der Waals surface area contributed by atoms with E-state index in [9.17, 15) is 0 Å². The van der Waals surface area contributed by atoms with Crippen molar-refractivity contribution in [2.24, 2.45) is 0 Å². The molecule has 0 atom stereocenters. The molecule has 0 heterocycles. The first-order chi connectivity index (χ1) is 0. The maximum absolute atomic E-state index is 0. The van der Waals surface area contributed by atoms with Crippen LogP contribution >= 0.6 is 0 Å². The minimum absolute atomic E-state index is 0. The molecule has 0 spiro atoms. The lowest BCUT2D eigenvalue weighted by atomic mass is 16.0. The topological polar surface area (TPSA) is 60.0 Å². The molecule has 0 saturated heterocycles. The molecule has 0 fully saturated rings. The molecule has 0 amide bonds. The second-order valence-corrected chi connectivity index (χ2v) is 0. The van der Waals surface area contributed by atoms with Crippen molar-refractivity contribution >= 4 is 28.3 Å². The van der Waals surface area contributed by atoms with Gasteiger partial charge in [0.2, 0.25) is 0 Å². The van der Waals surface area contributed by atoms with Gasteiger partial charge in [0.1, 0.15) is 0 Å². The summed E-state index contributed by atoms with van der Waals surface area (Å²) >= 11 is 0. The third-order valence-corrected chi connectivity index (χ3v) is 0. The minimum Gasteiger partial charge on any atom is -2.00 e. The summed E-state index contributed by atoms with van der Waals surface area (Å²) in [6, 6.07) is 0. The summed E-state index contributed by atoms with van der Waals surface area (Å²) in [4.78, 5) is 0. The Hall–Kier alpha value is 0.669. The lowest BCUT2D eigenvalue weighted by Crippen LogP contribution is -0.382. The molecule has 0 aliphatic rings. The molecule has 0 aromatic carbocycles. The van der Waals surface area contributed by atoms with Gasteiger partial charge in [0.05, 0.1) is 0 Å². The first kappa shape index (κ1) is 140. The van der Waals surface area contributed by atoms with Crippen molar-refractivity contribution in [2.45, 2.75) is 0 Å². The first-order valence-electron chi connectivity index (χ1n) is 0. The van der Waals surface area contributed by atoms with Crippen LogP contribution in [0.25, 0.3) is 0 Å². The lowest BCUT2D eigenvalue weighted by molar-refractivity contribution is 0.686. The molecular weight excluding hydrogens is 87.1 g/mol. The molecule has 0 bridgehead atoms. The van der Waals surface area contributed by atoms with E-state index in [2.05, 4.69) is 0 Å². The fourth-order valence-corrected chi connectivity index (χ4v) is 0. The predicted molar refractivity (Wildman–Crippen MR) is 15.8 cm³/mol. The smallest absolute Gasteiger partial charge is 0 e. The van der Waals surface area contributed by atoms with Crippen LogP contribution in [0.15, 0.2) is 0 Å². The van der Waals surface area contributed by atoms with Gasteiger partial charge in [-0.1, -0.05) is 0 Å². The summed E-state index contributed by atoms with van der Waals surface area (Å²) in [6.45, 7) is 0. The van der Waals surface area contributed by atoms with Gasteiger partial charge in [-0.05, 0) is 0 Å². The Morgan fingerprint density at radius 3 is 1.00 bits per heavy atom. The van der Waals surface area contributed by atoms with Crippen molar-refractivity contribution in [3.8, 4) is 0 Å². The highest BCUT2D eigenvalue weighted by atomic mass is 28.1. The standard InChI is InChI=1S/Al.H2O.O.Si/h;1H2;;/q;;-2;. The van der Waals surface area contributed by atoms with Crippen LogP contribution in [0.2, 0.25) is 0 Å². The number of rotatable bonds is 0. The Kier molecular flexibility index (Phi) is 2050. The summed E-state index contributed by atoms with van der Waals surface area (Å²) in [5, 5.41) is 0. The van der Waals surface area contributed by atoms with Crippen LogP contribution in [0.3, 0.4) is 0 Å². The maximum Gasteiger partial charge on any atom is 0 e. The van der Waals surface area contributed by atoms with E-state index in [1.165, 1.54) is 0 Å². The normalized spacial score (nSPS) is 0. The minimum atomic E-state index is 0. The van der Waals surface area contributed by atoms with Crippen LogP contribution in [0.5, 0.6) is 0 Å². The van der Waals surface area contributed by atoms with Gasteiger partial charge >= 0.3 is 0 Å². The molecule has 23 valence electrons. The number of hydrogen-bond acceptors (Lipinski definition) is 0. The molecule has 0 saturated carbocycles. The molecule has 4 heavy (non-hydrogen) atoms. The van der Waals surface area contributed by atoms with Crippen LogP contribution in [-0.2, 0) is 5.48 Å². The Bertz CT molecular complexity index is 6.00. The van der Waals surface area contributed by atoms with Gasteiger partial charge in [-0.25, -0.2) is 0 Å². The summed E-state index contributed by atoms with van der Waals surface area (Å²) in [5.41, 5.74) is 0. The monoisotopic (exact) mass is 89.0 g/mol. The highest BCUT2D eigenvalue weighted by molar-refractivity contribution is 5.76. The van der Waals surface area contributed by atoms with E-state index < -0.39 is 0 Å². The molecule has 0 aliphatic heterocycles. The second kappa shape index (κ2) is 58.4. The summed E-state index contributed by atoms with van der Waals surface area (Å²) in [7, 11) is 0. The van der Waals surface area contributed by atoms with Gasteiger partial charge < -0.3 is 11.0 Å². The Labute approximate surface area is 40.0 Å². The summed E-state index contributed by atoms with van der Waals surface area (Å²) < 4.78 is 0. The molecule has 2 nitrogen and oxygen atoms in total. The van der Waals surface area contributed by atoms with Gasteiger partial charge in [0.25, 0.3) is 0 Å². The van der Waals surface area contributed by atoms with E-state index in [1.807, 2.05) is 0 Å². The molecule has 2 N–H and O–H groups in total. The summed E-state index contributed by atoms with van der Waals surface area (Å²) in [6.07, 6.45) is 0. The second-order valence-electron chi connectivity index (χ2n) is 0. The van der Waals surface area contributed by atoms with Gasteiger partial charge in [-0.3, -0.25) is 0 Å². The van der Waals surface area contributed by atoms with Crippen LogP contribution in [0.1, 0.15) is 0 Å². The Balaban J connectivity index is 0. The van der Waals surface area contributed by atoms with E-state index in [-0.39, 0.29) is 39.3 Å². The lowest BCUT2D eigenvalue weighted by Gasteiger charge is -2.00. The average Bonchev–Trinajstić information content (AvgIpc) is 0. The van der Waals surface area contributed by atoms with Crippen molar-refractivity contribution in [2.75, 3.05) is 0 Å². The van der Waals surface area contributed by atoms with Crippen LogP contribution in [0.4, 0.5) is 0 Å². The molecule has 0 rings (SSSR count). The summed E-state index contributed by atoms with van der Waals surface area (Å²) in [5.74, 6) is 0. The molecule has 0 aromatic rings. The van der Waals surface area contributed by atoms with Crippen molar-refractivity contribution in [1.29, 1.82) is 0 Å². The first-order valence-corrected chi connectivity index (χ1v) is 0. The van der Waals surface area contributed by atoms with E-state index in [4.69, 9.17) is 0 Å². The molecule has 0 unspecified atom stereocenters. The molecule has 4 heteroatoms. The number of hydrogen-bond donors (Lipinski definition) is 0. The zero-order chi connectivity index (χ0) is 0. The van der Waals surface area contributed by atoms with E-state index >= 15 is 0 Å². The highest BCUT2D eigenvalue weighted by Crippen LogP contribution is -0.119. The third kappa shape index (κ3) is 16.6. The molecule has 0 aliphatic carbocycles. The SMILES string of the molecule is O.[Al].[O-2].[Si]. The van der Waals surface area contributed by atoms with Gasteiger partial charge in [-0.2, -0.15) is 0 Å². The quantitative estimate of drug-likeness (QED) is 0.317. The van der Waals surface area contributed by atoms with Crippen LogP contribution in [-0.4, -0.2) is 33.8 Å². The fourth-order valence-electron chi connectivity index (χ4n) is 0. The largest absolute Gasteiger partial charge is 2.00 e. The van der Waals surface area contributed by atoms with E-state index in [0.717, 1.165) is 0 Å². The van der Waals surface area contributed by atoms with Crippen molar-refractivity contribution in [1.82, 2.24) is 0 Å². The van der Waals surface area contributed by atoms with Gasteiger partial charge in [0, 0.05) is 28.3 Å². The highest BCUT2D eigenvalue weighted by Gasteiger charge is 0.00101. The van der Waals surface area contributed by atoms with Crippen molar-refractivity contribution in [3.63, 3.8) is 0 Å². The zero-order valence-electron chi connectivity index (χ0n) is 1.99. The maximum atomic E-state index is 0. The zero-order valence-corrected chi connectivity index (χ0v) is 4.14. The van der Waals surface area contributed by atoms with Crippen molar-refractivity contribution in [3.05, 3.63) is 0 Å². The Morgan fingerprint density at radius 1 is 1.00 bits per heavy atom. The van der Waals surface area contributed by atoms with E-state index in [0.29, 0.717) is 0 Å². The third-order valence-electron chi connectivity index (χ3n) is 0. The van der Waals surface area contributed by atoms with E-state index in [1.54, 1.807) is 0 Å². The molecule has 7 radical (unpaired) electrons. The molecular formula is H2AlO2Si-2.